The molecule has 0 aliphatic carbocycles. The first-order valence-electron chi connectivity index (χ1n) is 9.89. The predicted molar refractivity (Wildman–Crippen MR) is 101 cm³/mol. The smallest absolute Gasteiger partial charge is 0.251 e. The highest BCUT2D eigenvalue weighted by atomic mass is 16.2. The molecule has 0 saturated carbocycles. The molecular formula is C20H28N4O3. The third-order valence-corrected chi connectivity index (χ3v) is 6.30. The second-order valence-electron chi connectivity index (χ2n) is 8.32. The number of pyridine rings is 1. The molecule has 1 N–H and O–H groups in total. The molecule has 0 unspecified atom stereocenters. The minimum Gasteiger partial charge on any atom is -0.347 e. The molecule has 4 rings (SSSR count). The lowest BCUT2D eigenvalue weighted by atomic mass is 9.77. The number of piperidine rings is 2. The number of nitrogens with zero attached hydrogens (tertiary/aromatic N) is 3. The zero-order valence-corrected chi connectivity index (χ0v) is 16.1. The third kappa shape index (κ3) is 3.18. The lowest BCUT2D eigenvalue weighted by Gasteiger charge is -2.47. The molecule has 2 amide bonds. The quantitative estimate of drug-likeness (QED) is 0.817. The van der Waals surface area contributed by atoms with Gasteiger partial charge in [0.05, 0.1) is 5.92 Å². The Kier molecular flexibility index (Phi) is 4.80. The lowest BCUT2D eigenvalue weighted by Crippen LogP contribution is -2.55. The van der Waals surface area contributed by atoms with Crippen molar-refractivity contribution in [2.45, 2.75) is 31.2 Å². The summed E-state index contributed by atoms with van der Waals surface area (Å²) in [5.74, 6) is 0.246. The van der Waals surface area contributed by atoms with Crippen LogP contribution in [-0.2, 0) is 9.59 Å². The predicted octanol–water partition coefficient (Wildman–Crippen LogP) is 0.423. The molecule has 1 aromatic rings. The van der Waals surface area contributed by atoms with Crippen molar-refractivity contribution < 1.29 is 9.59 Å². The summed E-state index contributed by atoms with van der Waals surface area (Å²) < 4.78 is 1.69. The molecular weight excluding hydrogens is 344 g/mol. The number of carbonyl (C=O) groups is 2. The zero-order chi connectivity index (χ0) is 19.1. The van der Waals surface area contributed by atoms with Gasteiger partial charge in [-0.2, -0.15) is 0 Å². The molecule has 4 heterocycles. The molecule has 3 aliphatic rings. The van der Waals surface area contributed by atoms with Crippen molar-refractivity contribution in [2.24, 2.45) is 11.8 Å². The van der Waals surface area contributed by atoms with Gasteiger partial charge < -0.3 is 15.1 Å². The van der Waals surface area contributed by atoms with Gasteiger partial charge in [0.2, 0.25) is 11.8 Å². The molecule has 2 bridgehead atoms. The van der Waals surface area contributed by atoms with Gasteiger partial charge in [-0.25, -0.2) is 0 Å². The largest absolute Gasteiger partial charge is 0.347 e. The van der Waals surface area contributed by atoms with Gasteiger partial charge in [0.15, 0.2) is 0 Å². The van der Waals surface area contributed by atoms with E-state index in [1.807, 2.05) is 11.0 Å². The summed E-state index contributed by atoms with van der Waals surface area (Å²) in [6.45, 7) is 2.90. The maximum absolute atomic E-state index is 13.1. The number of hydrogen-bond donors (Lipinski definition) is 1. The van der Waals surface area contributed by atoms with Crippen LogP contribution in [0, 0.1) is 11.8 Å². The molecule has 146 valence electrons. The summed E-state index contributed by atoms with van der Waals surface area (Å²) >= 11 is 0. The van der Waals surface area contributed by atoms with Gasteiger partial charge in [0, 0.05) is 57.3 Å². The van der Waals surface area contributed by atoms with Crippen LogP contribution in [0.3, 0.4) is 0 Å². The Morgan fingerprint density at radius 2 is 2.04 bits per heavy atom. The highest BCUT2D eigenvalue weighted by Gasteiger charge is 2.45. The van der Waals surface area contributed by atoms with E-state index in [4.69, 9.17) is 0 Å². The number of nitrogens with one attached hydrogen (secondary N) is 1. The van der Waals surface area contributed by atoms with Crippen LogP contribution in [0.1, 0.15) is 36.9 Å². The Hall–Kier alpha value is -2.15. The van der Waals surface area contributed by atoms with Crippen molar-refractivity contribution >= 4 is 11.8 Å². The minimum absolute atomic E-state index is 0.0215. The zero-order valence-electron chi connectivity index (χ0n) is 16.1. The van der Waals surface area contributed by atoms with Crippen LogP contribution in [0.25, 0.3) is 0 Å². The molecule has 7 nitrogen and oxygen atoms in total. The number of carbonyl (C=O) groups excluding carboxylic acids is 2. The number of hydrogen-bond acceptors (Lipinski definition) is 4. The average molecular weight is 372 g/mol. The number of fused-ring (bicyclic) bond motifs is 4. The van der Waals surface area contributed by atoms with Crippen molar-refractivity contribution in [1.82, 2.24) is 19.7 Å². The summed E-state index contributed by atoms with van der Waals surface area (Å²) in [6, 6.07) is 4.70. The standard InChI is InChI=1S/C20H28N4O3/c1-22(2)20(27)18-15-9-14(16-6-3-7-17(25)24(16)18)11-23(12-15)19(26)13-5-4-8-21-10-13/h3,6-7,13-15,18,21H,4-5,8-12H2,1-2H3/t13-,14-,15+,18-/m1/s1. The normalized spacial score (nSPS) is 29.8. The fraction of sp³-hybridized carbons (Fsp3) is 0.650. The highest BCUT2D eigenvalue weighted by Crippen LogP contribution is 2.42. The lowest BCUT2D eigenvalue weighted by molar-refractivity contribution is -0.143. The van der Waals surface area contributed by atoms with Crippen LogP contribution in [0.15, 0.2) is 23.0 Å². The number of aromatic nitrogens is 1. The first kappa shape index (κ1) is 18.2. The van der Waals surface area contributed by atoms with Crippen molar-refractivity contribution in [3.05, 3.63) is 34.2 Å². The summed E-state index contributed by atoms with van der Waals surface area (Å²) in [5.41, 5.74) is 0.761. The van der Waals surface area contributed by atoms with Gasteiger partial charge in [-0.1, -0.05) is 6.07 Å². The second-order valence-corrected chi connectivity index (χ2v) is 8.32. The minimum atomic E-state index is -0.528. The third-order valence-electron chi connectivity index (χ3n) is 6.30. The van der Waals surface area contributed by atoms with Crippen LogP contribution < -0.4 is 10.9 Å². The summed E-state index contributed by atoms with van der Waals surface area (Å²) in [6.07, 6.45) is 2.80. The maximum Gasteiger partial charge on any atom is 0.251 e. The van der Waals surface area contributed by atoms with Gasteiger partial charge in [-0.15, -0.1) is 0 Å². The molecule has 4 atom stereocenters. The molecule has 1 aromatic heterocycles. The van der Waals surface area contributed by atoms with Gasteiger partial charge in [-0.05, 0) is 31.9 Å². The Balaban J connectivity index is 1.68. The van der Waals surface area contributed by atoms with Gasteiger partial charge in [-0.3, -0.25) is 19.0 Å². The van der Waals surface area contributed by atoms with E-state index >= 15 is 0 Å². The first-order chi connectivity index (χ1) is 13.0. The van der Waals surface area contributed by atoms with E-state index in [-0.39, 0.29) is 35.1 Å². The van der Waals surface area contributed by atoms with E-state index in [9.17, 15) is 14.4 Å². The molecule has 27 heavy (non-hydrogen) atoms. The van der Waals surface area contributed by atoms with E-state index in [1.165, 1.54) is 6.07 Å². The first-order valence-corrected chi connectivity index (χ1v) is 9.89. The van der Waals surface area contributed by atoms with Gasteiger partial charge >= 0.3 is 0 Å². The van der Waals surface area contributed by atoms with Crippen LogP contribution in [-0.4, -0.2) is 66.5 Å². The van der Waals surface area contributed by atoms with E-state index in [0.717, 1.165) is 38.0 Å². The Labute approximate surface area is 159 Å². The SMILES string of the molecule is CN(C)C(=O)[C@H]1[C@H]2C[C@H](CN(C(=O)[C@@H]3CCCNC3)C2)c2cccc(=O)n21. The topological polar surface area (TPSA) is 74.7 Å². The van der Waals surface area contributed by atoms with Crippen molar-refractivity contribution in [2.75, 3.05) is 40.3 Å². The monoisotopic (exact) mass is 372 g/mol. The Bertz CT molecular complexity index is 797. The number of likely N-dealkylation sites (tertiary alicyclic amines) is 1. The Morgan fingerprint density at radius 1 is 1.22 bits per heavy atom. The summed E-state index contributed by atoms with van der Waals surface area (Å²) in [5, 5.41) is 3.32. The number of rotatable bonds is 2. The number of amides is 2. The number of likely N-dealkylation sites (N-methyl/N-ethyl adjacent to an activating group) is 1. The van der Waals surface area contributed by atoms with Crippen molar-refractivity contribution in [3.63, 3.8) is 0 Å². The average Bonchev–Trinajstić information content (AvgIpc) is 2.68. The molecule has 0 radical (unpaired) electrons. The molecule has 3 aliphatic heterocycles. The van der Waals surface area contributed by atoms with Gasteiger partial charge in [0.1, 0.15) is 6.04 Å². The summed E-state index contributed by atoms with van der Waals surface area (Å²) in [4.78, 5) is 42.1. The van der Waals surface area contributed by atoms with Crippen molar-refractivity contribution in [1.29, 1.82) is 0 Å². The van der Waals surface area contributed by atoms with Crippen LogP contribution >= 0.6 is 0 Å². The summed E-state index contributed by atoms with van der Waals surface area (Å²) in [7, 11) is 3.45. The fourth-order valence-electron chi connectivity index (χ4n) is 5.02. The molecule has 0 spiro atoms. The molecule has 2 saturated heterocycles. The van der Waals surface area contributed by atoms with Crippen LogP contribution in [0.4, 0.5) is 0 Å². The van der Waals surface area contributed by atoms with Crippen molar-refractivity contribution in [3.8, 4) is 0 Å². The highest BCUT2D eigenvalue weighted by molar-refractivity contribution is 5.82. The Morgan fingerprint density at radius 3 is 2.74 bits per heavy atom. The molecule has 7 heteroatoms. The fourth-order valence-corrected chi connectivity index (χ4v) is 5.02. The second kappa shape index (κ2) is 7.11. The maximum atomic E-state index is 13.1. The van der Waals surface area contributed by atoms with Gasteiger partial charge in [0.25, 0.3) is 5.56 Å². The van der Waals surface area contributed by atoms with Crippen LogP contribution in [0.2, 0.25) is 0 Å². The molecule has 0 aromatic carbocycles. The molecule has 2 fully saturated rings. The van der Waals surface area contributed by atoms with E-state index in [2.05, 4.69) is 5.32 Å². The van der Waals surface area contributed by atoms with E-state index < -0.39 is 6.04 Å². The van der Waals surface area contributed by atoms with E-state index in [1.54, 1.807) is 29.6 Å². The van der Waals surface area contributed by atoms with Crippen LogP contribution in [0.5, 0.6) is 0 Å². The van der Waals surface area contributed by atoms with E-state index in [0.29, 0.717) is 13.1 Å².